The molecule has 0 saturated carbocycles. The minimum atomic E-state index is -0.122. The Morgan fingerprint density at radius 1 is 1.50 bits per heavy atom. The molecule has 0 aliphatic rings. The van der Waals surface area contributed by atoms with E-state index in [4.69, 9.17) is 11.6 Å². The zero-order valence-corrected chi connectivity index (χ0v) is 14.2. The van der Waals surface area contributed by atoms with E-state index in [-0.39, 0.29) is 5.91 Å². The topological polar surface area (TPSA) is 46.9 Å². The van der Waals surface area contributed by atoms with Crippen molar-refractivity contribution in [3.05, 3.63) is 49.8 Å². The summed E-state index contributed by atoms with van der Waals surface area (Å²) in [6.07, 6.45) is 2.78. The third-order valence-electron chi connectivity index (χ3n) is 2.94. The lowest BCUT2D eigenvalue weighted by Gasteiger charge is -2.07. The van der Waals surface area contributed by atoms with Gasteiger partial charge in [-0.25, -0.2) is 0 Å². The van der Waals surface area contributed by atoms with Gasteiger partial charge >= 0.3 is 0 Å². The molecule has 1 heterocycles. The first-order chi connectivity index (χ1) is 9.51. The van der Waals surface area contributed by atoms with Crippen LogP contribution in [0.15, 0.2) is 24.4 Å². The van der Waals surface area contributed by atoms with Gasteiger partial charge in [0, 0.05) is 33.9 Å². The number of aryl methyl sites for hydroxylation is 2. The van der Waals surface area contributed by atoms with Crippen LogP contribution in [-0.4, -0.2) is 15.7 Å². The molecule has 1 N–H and O–H groups in total. The van der Waals surface area contributed by atoms with Crippen molar-refractivity contribution in [1.29, 1.82) is 0 Å². The number of carbonyl (C=O) groups is 1. The summed E-state index contributed by atoms with van der Waals surface area (Å²) >= 11 is 8.06. The van der Waals surface area contributed by atoms with Gasteiger partial charge in [-0.3, -0.25) is 9.48 Å². The molecule has 0 fully saturated rings. The fraction of sp³-hybridized carbons (Fsp3) is 0.286. The molecule has 0 aliphatic heterocycles. The van der Waals surface area contributed by atoms with E-state index in [1.54, 1.807) is 16.8 Å². The van der Waals surface area contributed by atoms with E-state index in [9.17, 15) is 4.79 Å². The first-order valence-electron chi connectivity index (χ1n) is 6.26. The Hall–Kier alpha value is -1.08. The summed E-state index contributed by atoms with van der Waals surface area (Å²) in [6, 6.07) is 5.29. The number of halogens is 2. The van der Waals surface area contributed by atoms with E-state index in [1.807, 2.05) is 26.2 Å². The molecule has 1 aromatic heterocycles. The van der Waals surface area contributed by atoms with E-state index in [0.717, 1.165) is 21.2 Å². The van der Waals surface area contributed by atoms with E-state index in [1.165, 1.54) is 0 Å². The van der Waals surface area contributed by atoms with Crippen molar-refractivity contribution in [3.8, 4) is 0 Å². The molecular weight excluding hydrogens is 389 g/mol. The average Bonchev–Trinajstić information content (AvgIpc) is 2.79. The van der Waals surface area contributed by atoms with Gasteiger partial charge in [0.05, 0.1) is 11.3 Å². The SMILES string of the molecule is CCc1nn(C)cc1CNC(=O)c1cc(Cl)ccc1I. The molecule has 0 aliphatic carbocycles. The Morgan fingerprint density at radius 3 is 2.95 bits per heavy atom. The highest BCUT2D eigenvalue weighted by Crippen LogP contribution is 2.18. The molecule has 1 aromatic carbocycles. The van der Waals surface area contributed by atoms with Gasteiger partial charge in [-0.2, -0.15) is 5.10 Å². The molecule has 0 unspecified atom stereocenters. The molecule has 4 nitrogen and oxygen atoms in total. The van der Waals surface area contributed by atoms with E-state index < -0.39 is 0 Å². The third-order valence-corrected chi connectivity index (χ3v) is 4.11. The number of rotatable bonds is 4. The van der Waals surface area contributed by atoms with Crippen molar-refractivity contribution in [1.82, 2.24) is 15.1 Å². The third kappa shape index (κ3) is 3.52. The largest absolute Gasteiger partial charge is 0.348 e. The smallest absolute Gasteiger partial charge is 0.252 e. The lowest BCUT2D eigenvalue weighted by Crippen LogP contribution is -2.24. The van der Waals surface area contributed by atoms with Gasteiger partial charge in [-0.15, -0.1) is 0 Å². The maximum atomic E-state index is 12.2. The number of hydrogen-bond donors (Lipinski definition) is 1. The van der Waals surface area contributed by atoms with Crippen molar-refractivity contribution in [2.75, 3.05) is 0 Å². The van der Waals surface area contributed by atoms with Crippen LogP contribution in [-0.2, 0) is 20.0 Å². The summed E-state index contributed by atoms with van der Waals surface area (Å²) in [6.45, 7) is 2.52. The van der Waals surface area contributed by atoms with Crippen LogP contribution < -0.4 is 5.32 Å². The van der Waals surface area contributed by atoms with E-state index in [2.05, 4.69) is 33.0 Å². The second kappa shape index (κ2) is 6.58. The van der Waals surface area contributed by atoms with Gasteiger partial charge in [-0.05, 0) is 47.2 Å². The quantitative estimate of drug-likeness (QED) is 0.797. The van der Waals surface area contributed by atoms with Gasteiger partial charge in [0.15, 0.2) is 0 Å². The normalized spacial score (nSPS) is 10.6. The molecule has 1 amide bonds. The highest BCUT2D eigenvalue weighted by Gasteiger charge is 2.12. The molecule has 0 atom stereocenters. The molecular formula is C14H15ClIN3O. The zero-order chi connectivity index (χ0) is 14.7. The Balaban J connectivity index is 2.10. The number of nitrogens with one attached hydrogen (secondary N) is 1. The lowest BCUT2D eigenvalue weighted by atomic mass is 10.2. The summed E-state index contributed by atoms with van der Waals surface area (Å²) in [5, 5.41) is 7.83. The minimum Gasteiger partial charge on any atom is -0.348 e. The molecule has 6 heteroatoms. The van der Waals surface area contributed by atoms with Gasteiger partial charge in [-0.1, -0.05) is 18.5 Å². The maximum Gasteiger partial charge on any atom is 0.252 e. The molecule has 2 aromatic rings. The molecule has 106 valence electrons. The monoisotopic (exact) mass is 403 g/mol. The zero-order valence-electron chi connectivity index (χ0n) is 11.3. The molecule has 2 rings (SSSR count). The van der Waals surface area contributed by atoms with Gasteiger partial charge in [0.2, 0.25) is 0 Å². The Bertz CT molecular complexity index is 639. The Kier molecular flexibility index (Phi) is 5.04. The van der Waals surface area contributed by atoms with Crippen LogP contribution in [0, 0.1) is 3.57 Å². The first-order valence-corrected chi connectivity index (χ1v) is 7.71. The number of hydrogen-bond acceptors (Lipinski definition) is 2. The van der Waals surface area contributed by atoms with Crippen molar-refractivity contribution >= 4 is 40.1 Å². The second-order valence-corrected chi connectivity index (χ2v) is 6.03. The summed E-state index contributed by atoms with van der Waals surface area (Å²) in [5.74, 6) is -0.122. The van der Waals surface area contributed by atoms with Gasteiger partial charge in [0.1, 0.15) is 0 Å². The fourth-order valence-electron chi connectivity index (χ4n) is 1.97. The van der Waals surface area contributed by atoms with Gasteiger partial charge in [0.25, 0.3) is 5.91 Å². The van der Waals surface area contributed by atoms with E-state index >= 15 is 0 Å². The van der Waals surface area contributed by atoms with Crippen LogP contribution in [0.25, 0.3) is 0 Å². The first kappa shape index (κ1) is 15.3. The summed E-state index contributed by atoms with van der Waals surface area (Å²) < 4.78 is 2.65. The maximum absolute atomic E-state index is 12.2. The van der Waals surface area contributed by atoms with Crippen LogP contribution in [0.4, 0.5) is 0 Å². The van der Waals surface area contributed by atoms with Gasteiger partial charge < -0.3 is 5.32 Å². The average molecular weight is 404 g/mol. The predicted octanol–water partition coefficient (Wildman–Crippen LogP) is 3.17. The predicted molar refractivity (Wildman–Crippen MR) is 87.9 cm³/mol. The Morgan fingerprint density at radius 2 is 2.25 bits per heavy atom. The fourth-order valence-corrected chi connectivity index (χ4v) is 2.72. The van der Waals surface area contributed by atoms with Crippen molar-refractivity contribution < 1.29 is 4.79 Å². The van der Waals surface area contributed by atoms with Crippen LogP contribution >= 0.6 is 34.2 Å². The van der Waals surface area contributed by atoms with Crippen LogP contribution in [0.5, 0.6) is 0 Å². The summed E-state index contributed by atoms with van der Waals surface area (Å²) in [7, 11) is 1.88. The number of benzene rings is 1. The molecule has 0 spiro atoms. The number of amides is 1. The van der Waals surface area contributed by atoms with Crippen LogP contribution in [0.3, 0.4) is 0 Å². The molecule has 0 saturated heterocycles. The van der Waals surface area contributed by atoms with Crippen LogP contribution in [0.2, 0.25) is 5.02 Å². The summed E-state index contributed by atoms with van der Waals surface area (Å²) in [4.78, 5) is 12.2. The van der Waals surface area contributed by atoms with Crippen LogP contribution in [0.1, 0.15) is 28.5 Å². The van der Waals surface area contributed by atoms with Crippen molar-refractivity contribution in [2.45, 2.75) is 19.9 Å². The number of carbonyl (C=O) groups excluding carboxylic acids is 1. The van der Waals surface area contributed by atoms with Crippen molar-refractivity contribution in [2.24, 2.45) is 7.05 Å². The second-order valence-electron chi connectivity index (χ2n) is 4.44. The van der Waals surface area contributed by atoms with Crippen molar-refractivity contribution in [3.63, 3.8) is 0 Å². The molecule has 0 radical (unpaired) electrons. The standard InChI is InChI=1S/C14H15ClIN3O/c1-3-13-9(8-19(2)18-13)7-17-14(20)11-6-10(15)4-5-12(11)16/h4-6,8H,3,7H2,1-2H3,(H,17,20). The lowest BCUT2D eigenvalue weighted by molar-refractivity contribution is 0.0950. The molecule has 20 heavy (non-hydrogen) atoms. The highest BCUT2D eigenvalue weighted by molar-refractivity contribution is 14.1. The molecule has 0 bridgehead atoms. The minimum absolute atomic E-state index is 0.122. The number of aromatic nitrogens is 2. The van der Waals surface area contributed by atoms with E-state index in [0.29, 0.717) is 17.1 Å². The highest BCUT2D eigenvalue weighted by atomic mass is 127. The number of nitrogens with zero attached hydrogens (tertiary/aromatic N) is 2. The Labute approximate surface area is 136 Å². The summed E-state index contributed by atoms with van der Waals surface area (Å²) in [5.41, 5.74) is 2.65.